The zero-order chi connectivity index (χ0) is 14.9. The van der Waals surface area contributed by atoms with Crippen LogP contribution in [-0.4, -0.2) is 43.0 Å². The molecule has 3 atom stereocenters. The van der Waals surface area contributed by atoms with Gasteiger partial charge in [-0.15, -0.1) is 24.8 Å². The Labute approximate surface area is 147 Å². The van der Waals surface area contributed by atoms with Crippen LogP contribution in [0.1, 0.15) is 46.0 Å². The van der Waals surface area contributed by atoms with Gasteiger partial charge in [0.05, 0.1) is 6.04 Å². The zero-order valence-corrected chi connectivity index (χ0v) is 15.9. The molecule has 132 valence electrons. The van der Waals surface area contributed by atoms with E-state index in [1.165, 1.54) is 19.3 Å². The maximum Gasteiger partial charge on any atom is 0.237 e. The summed E-state index contributed by atoms with van der Waals surface area (Å²) in [6.45, 7) is 4.23. The molecule has 0 aromatic heterocycles. The largest absolute Gasteiger partial charge is 0.351 e. The van der Waals surface area contributed by atoms with Crippen LogP contribution in [0.4, 0.5) is 0 Å². The predicted molar refractivity (Wildman–Crippen MR) is 96.8 cm³/mol. The van der Waals surface area contributed by atoms with Crippen LogP contribution in [0.5, 0.6) is 0 Å². The first-order chi connectivity index (χ1) is 9.40. The third-order valence-corrected chi connectivity index (χ3v) is 5.14. The summed E-state index contributed by atoms with van der Waals surface area (Å²) in [6, 6.07) is 0.664. The molecule has 0 heterocycles. The van der Waals surface area contributed by atoms with Crippen LogP contribution in [0.3, 0.4) is 0 Å². The molecule has 0 aromatic rings. The minimum atomic E-state index is -0.0358. The SMILES string of the molecule is CC(C)[C@@H](C(=O)NC1C2CCCC1CC(N)C2)N(C)C.Cl.Cl. The van der Waals surface area contributed by atoms with Gasteiger partial charge in [-0.25, -0.2) is 0 Å². The summed E-state index contributed by atoms with van der Waals surface area (Å²) in [5.74, 6) is 1.71. The third-order valence-electron chi connectivity index (χ3n) is 5.14. The van der Waals surface area contributed by atoms with Crippen molar-refractivity contribution in [3.63, 3.8) is 0 Å². The molecule has 2 fully saturated rings. The molecular weight excluding hydrogens is 321 g/mol. The number of carbonyl (C=O) groups is 1. The summed E-state index contributed by atoms with van der Waals surface area (Å²) in [5.41, 5.74) is 6.15. The van der Waals surface area contributed by atoms with E-state index in [2.05, 4.69) is 19.2 Å². The van der Waals surface area contributed by atoms with Gasteiger partial charge >= 0.3 is 0 Å². The number of hydrogen-bond acceptors (Lipinski definition) is 3. The number of halogens is 2. The fraction of sp³-hybridized carbons (Fsp3) is 0.938. The number of nitrogens with zero attached hydrogens (tertiary/aromatic N) is 1. The number of amides is 1. The highest BCUT2D eigenvalue weighted by Gasteiger charge is 2.41. The quantitative estimate of drug-likeness (QED) is 0.815. The minimum absolute atomic E-state index is 0. The van der Waals surface area contributed by atoms with Crippen molar-refractivity contribution in [3.05, 3.63) is 0 Å². The number of fused-ring (bicyclic) bond motifs is 2. The van der Waals surface area contributed by atoms with Crippen molar-refractivity contribution in [3.8, 4) is 0 Å². The van der Waals surface area contributed by atoms with Crippen molar-refractivity contribution < 1.29 is 4.79 Å². The number of nitrogens with two attached hydrogens (primary N) is 1. The van der Waals surface area contributed by atoms with Gasteiger partial charge in [-0.05, 0) is 57.5 Å². The van der Waals surface area contributed by atoms with E-state index in [0.717, 1.165) is 12.8 Å². The normalized spacial score (nSPS) is 32.0. The summed E-state index contributed by atoms with van der Waals surface area (Å²) >= 11 is 0. The second-order valence-corrected chi connectivity index (χ2v) is 7.37. The standard InChI is InChI=1S/C16H31N3O.2ClH/c1-10(2)15(19(3)4)16(20)18-14-11-6-5-7-12(14)9-13(17)8-11;;/h10-15H,5-9,17H2,1-4H3,(H,18,20);2*1H/t11?,12?,13?,14?,15-;;/m0../s1. The van der Waals surface area contributed by atoms with Crippen molar-refractivity contribution in [2.24, 2.45) is 23.5 Å². The average Bonchev–Trinajstić information content (AvgIpc) is 2.29. The van der Waals surface area contributed by atoms with Gasteiger partial charge in [-0.2, -0.15) is 0 Å². The molecule has 0 saturated heterocycles. The van der Waals surface area contributed by atoms with E-state index in [-0.39, 0.29) is 36.8 Å². The van der Waals surface area contributed by atoms with E-state index in [4.69, 9.17) is 5.73 Å². The van der Waals surface area contributed by atoms with Gasteiger partial charge in [-0.3, -0.25) is 9.69 Å². The summed E-state index contributed by atoms with van der Waals surface area (Å²) in [4.78, 5) is 14.7. The second kappa shape index (κ2) is 9.31. The fourth-order valence-electron chi connectivity index (χ4n) is 4.41. The Bertz CT molecular complexity index is 330. The summed E-state index contributed by atoms with van der Waals surface area (Å²) in [6.07, 6.45) is 5.91. The summed E-state index contributed by atoms with van der Waals surface area (Å²) in [7, 11) is 3.98. The number of rotatable bonds is 4. The highest BCUT2D eigenvalue weighted by Crippen LogP contribution is 2.39. The molecule has 2 aliphatic rings. The van der Waals surface area contributed by atoms with Gasteiger partial charge in [0.2, 0.25) is 5.91 Å². The molecule has 4 nitrogen and oxygen atoms in total. The molecule has 3 N–H and O–H groups in total. The monoisotopic (exact) mass is 353 g/mol. The number of carbonyl (C=O) groups excluding carboxylic acids is 1. The van der Waals surface area contributed by atoms with E-state index in [9.17, 15) is 4.79 Å². The van der Waals surface area contributed by atoms with Gasteiger partial charge in [0.1, 0.15) is 0 Å². The molecule has 0 aliphatic heterocycles. The molecule has 2 bridgehead atoms. The Morgan fingerprint density at radius 2 is 1.64 bits per heavy atom. The maximum atomic E-state index is 12.6. The lowest BCUT2D eigenvalue weighted by molar-refractivity contribution is -0.129. The highest BCUT2D eigenvalue weighted by molar-refractivity contribution is 5.85. The van der Waals surface area contributed by atoms with Crippen molar-refractivity contribution in [1.82, 2.24) is 10.2 Å². The Hall–Kier alpha value is -0.0300. The molecule has 2 rings (SSSR count). The lowest BCUT2D eigenvalue weighted by Crippen LogP contribution is -2.57. The van der Waals surface area contributed by atoms with E-state index in [0.29, 0.717) is 29.8 Å². The van der Waals surface area contributed by atoms with Crippen LogP contribution in [-0.2, 0) is 4.79 Å². The van der Waals surface area contributed by atoms with E-state index in [1.54, 1.807) is 0 Å². The Morgan fingerprint density at radius 3 is 2.05 bits per heavy atom. The van der Waals surface area contributed by atoms with Crippen molar-refractivity contribution in [1.29, 1.82) is 0 Å². The van der Waals surface area contributed by atoms with Gasteiger partial charge < -0.3 is 11.1 Å². The van der Waals surface area contributed by atoms with Gasteiger partial charge in [0.25, 0.3) is 0 Å². The Balaban J connectivity index is 0.00000220. The first kappa shape index (κ1) is 22.0. The van der Waals surface area contributed by atoms with Crippen molar-refractivity contribution >= 4 is 30.7 Å². The van der Waals surface area contributed by atoms with Crippen LogP contribution >= 0.6 is 24.8 Å². The van der Waals surface area contributed by atoms with Crippen LogP contribution in [0.15, 0.2) is 0 Å². The predicted octanol–water partition coefficient (Wildman–Crippen LogP) is 2.44. The van der Waals surface area contributed by atoms with Gasteiger partial charge in [-0.1, -0.05) is 20.3 Å². The molecule has 22 heavy (non-hydrogen) atoms. The lowest BCUT2D eigenvalue weighted by Gasteiger charge is -2.46. The first-order valence-electron chi connectivity index (χ1n) is 8.12. The Kier molecular flexibility index (Phi) is 9.30. The summed E-state index contributed by atoms with van der Waals surface area (Å²) < 4.78 is 0. The van der Waals surface area contributed by atoms with E-state index >= 15 is 0 Å². The highest BCUT2D eigenvalue weighted by atomic mass is 35.5. The van der Waals surface area contributed by atoms with Gasteiger partial charge in [0, 0.05) is 12.1 Å². The molecule has 0 radical (unpaired) electrons. The third kappa shape index (κ3) is 4.98. The molecule has 1 amide bonds. The molecule has 2 aliphatic carbocycles. The number of hydrogen-bond donors (Lipinski definition) is 2. The van der Waals surface area contributed by atoms with Crippen LogP contribution in [0, 0.1) is 17.8 Å². The van der Waals surface area contributed by atoms with Gasteiger partial charge in [0.15, 0.2) is 0 Å². The molecule has 0 spiro atoms. The zero-order valence-electron chi connectivity index (χ0n) is 14.2. The van der Waals surface area contributed by atoms with Crippen molar-refractivity contribution in [2.45, 2.75) is 64.1 Å². The first-order valence-corrected chi connectivity index (χ1v) is 8.12. The molecular formula is C16H33Cl2N3O. The van der Waals surface area contributed by atoms with Crippen molar-refractivity contribution in [2.75, 3.05) is 14.1 Å². The van der Waals surface area contributed by atoms with E-state index in [1.807, 2.05) is 19.0 Å². The van der Waals surface area contributed by atoms with Crippen LogP contribution in [0.25, 0.3) is 0 Å². The molecule has 6 heteroatoms. The van der Waals surface area contributed by atoms with Crippen LogP contribution < -0.4 is 11.1 Å². The number of likely N-dealkylation sites (N-methyl/N-ethyl adjacent to an activating group) is 1. The fourth-order valence-corrected chi connectivity index (χ4v) is 4.41. The maximum absolute atomic E-state index is 12.6. The number of nitrogens with one attached hydrogen (secondary N) is 1. The molecule has 0 aromatic carbocycles. The smallest absolute Gasteiger partial charge is 0.237 e. The Morgan fingerprint density at radius 1 is 1.14 bits per heavy atom. The topological polar surface area (TPSA) is 58.4 Å². The second-order valence-electron chi connectivity index (χ2n) is 7.37. The summed E-state index contributed by atoms with van der Waals surface area (Å²) in [5, 5.41) is 3.37. The molecule has 2 saturated carbocycles. The van der Waals surface area contributed by atoms with Crippen LogP contribution in [0.2, 0.25) is 0 Å². The minimum Gasteiger partial charge on any atom is -0.351 e. The average molecular weight is 354 g/mol. The molecule has 2 unspecified atom stereocenters. The van der Waals surface area contributed by atoms with E-state index < -0.39 is 0 Å². The lowest BCUT2D eigenvalue weighted by atomic mass is 9.67.